The van der Waals surface area contributed by atoms with E-state index < -0.39 is 29.7 Å². The monoisotopic (exact) mass is 317 g/mol. The van der Waals surface area contributed by atoms with E-state index in [9.17, 15) is 14.0 Å². The summed E-state index contributed by atoms with van der Waals surface area (Å²) in [6.45, 7) is 1.73. The first kappa shape index (κ1) is 15.2. The van der Waals surface area contributed by atoms with Gasteiger partial charge in [-0.2, -0.15) is 5.10 Å². The van der Waals surface area contributed by atoms with Gasteiger partial charge in [-0.05, 0) is 37.1 Å². The van der Waals surface area contributed by atoms with Crippen molar-refractivity contribution in [2.24, 2.45) is 11.8 Å². The maximum atomic E-state index is 14.2. The van der Waals surface area contributed by atoms with Gasteiger partial charge >= 0.3 is 5.97 Å². The Labute approximate surface area is 131 Å². The third kappa shape index (κ3) is 3.08. The van der Waals surface area contributed by atoms with Crippen LogP contribution in [0, 0.1) is 17.7 Å². The molecule has 23 heavy (non-hydrogen) atoms. The average molecular weight is 317 g/mol. The molecular formula is C16H16FN3O3. The summed E-state index contributed by atoms with van der Waals surface area (Å²) in [7, 11) is 0. The van der Waals surface area contributed by atoms with Crippen LogP contribution >= 0.6 is 0 Å². The highest BCUT2D eigenvalue weighted by Crippen LogP contribution is 2.39. The number of aromatic nitrogens is 2. The second-order valence-electron chi connectivity index (χ2n) is 5.68. The van der Waals surface area contributed by atoms with Crippen molar-refractivity contribution in [3.8, 4) is 5.69 Å². The van der Waals surface area contributed by atoms with Gasteiger partial charge in [0.1, 0.15) is 11.5 Å². The van der Waals surface area contributed by atoms with Crippen molar-refractivity contribution in [2.75, 3.05) is 0 Å². The second-order valence-corrected chi connectivity index (χ2v) is 5.68. The van der Waals surface area contributed by atoms with Crippen LogP contribution in [0.25, 0.3) is 5.69 Å². The number of carbonyl (C=O) groups is 2. The molecule has 0 aliphatic heterocycles. The van der Waals surface area contributed by atoms with Crippen LogP contribution in [0.5, 0.6) is 0 Å². The van der Waals surface area contributed by atoms with Gasteiger partial charge in [-0.15, -0.1) is 0 Å². The number of aliphatic carboxylic acids is 1. The molecule has 1 saturated carbocycles. The molecule has 0 spiro atoms. The van der Waals surface area contributed by atoms with Gasteiger partial charge in [0.25, 0.3) is 0 Å². The lowest BCUT2D eigenvalue weighted by molar-refractivity contribution is -0.140. The SMILES string of the molecule is C[C@@H](NC(=O)[C@@H]1C[C@@H]1C(=O)O)c1ccc(-n2cccn2)c(F)c1. The summed E-state index contributed by atoms with van der Waals surface area (Å²) in [6, 6.07) is 5.96. The van der Waals surface area contributed by atoms with E-state index in [1.165, 1.54) is 10.7 Å². The second kappa shape index (κ2) is 5.83. The predicted octanol–water partition coefficient (Wildman–Crippen LogP) is 1.91. The molecule has 0 bridgehead atoms. The van der Waals surface area contributed by atoms with Crippen LogP contribution in [0.15, 0.2) is 36.7 Å². The van der Waals surface area contributed by atoms with Gasteiger partial charge in [0.05, 0.1) is 17.9 Å². The molecule has 0 saturated heterocycles. The molecule has 1 aliphatic rings. The summed E-state index contributed by atoms with van der Waals surface area (Å²) < 4.78 is 15.6. The van der Waals surface area contributed by atoms with E-state index in [0.717, 1.165) is 0 Å². The molecule has 1 fully saturated rings. The number of hydrogen-bond donors (Lipinski definition) is 2. The normalized spacial score (nSPS) is 20.8. The minimum atomic E-state index is -0.951. The van der Waals surface area contributed by atoms with Crippen LogP contribution in [0.2, 0.25) is 0 Å². The Morgan fingerprint density at radius 2 is 2.22 bits per heavy atom. The summed E-state index contributed by atoms with van der Waals surface area (Å²) in [5.74, 6) is -2.78. The van der Waals surface area contributed by atoms with Crippen LogP contribution in [-0.2, 0) is 9.59 Å². The zero-order valence-corrected chi connectivity index (χ0v) is 12.4. The fraction of sp³-hybridized carbons (Fsp3) is 0.312. The van der Waals surface area contributed by atoms with Crippen molar-refractivity contribution >= 4 is 11.9 Å². The molecular weight excluding hydrogens is 301 g/mol. The first-order valence-corrected chi connectivity index (χ1v) is 7.30. The van der Waals surface area contributed by atoms with Crippen molar-refractivity contribution in [2.45, 2.75) is 19.4 Å². The molecule has 120 valence electrons. The lowest BCUT2D eigenvalue weighted by Gasteiger charge is -2.15. The highest BCUT2D eigenvalue weighted by atomic mass is 19.1. The fourth-order valence-corrected chi connectivity index (χ4v) is 2.55. The number of amides is 1. The number of rotatable bonds is 5. The van der Waals surface area contributed by atoms with E-state index in [1.54, 1.807) is 37.5 Å². The van der Waals surface area contributed by atoms with Gasteiger partial charge in [0, 0.05) is 12.4 Å². The van der Waals surface area contributed by atoms with Crippen LogP contribution < -0.4 is 5.32 Å². The molecule has 1 aromatic carbocycles. The number of nitrogens with zero attached hydrogens (tertiary/aromatic N) is 2. The molecule has 0 unspecified atom stereocenters. The largest absolute Gasteiger partial charge is 0.481 e. The Kier molecular flexibility index (Phi) is 3.85. The van der Waals surface area contributed by atoms with Crippen LogP contribution in [0.4, 0.5) is 4.39 Å². The Bertz CT molecular complexity index is 745. The van der Waals surface area contributed by atoms with E-state index >= 15 is 0 Å². The molecule has 2 aromatic rings. The maximum absolute atomic E-state index is 14.2. The molecule has 1 aromatic heterocycles. The van der Waals surface area contributed by atoms with Crippen molar-refractivity contribution in [1.82, 2.24) is 15.1 Å². The van der Waals surface area contributed by atoms with Gasteiger partial charge in [0.15, 0.2) is 0 Å². The molecule has 2 N–H and O–H groups in total. The number of carboxylic acid groups (broad SMARTS) is 1. The lowest BCUT2D eigenvalue weighted by atomic mass is 10.1. The summed E-state index contributed by atoms with van der Waals surface area (Å²) in [5, 5.41) is 15.6. The maximum Gasteiger partial charge on any atom is 0.307 e. The molecule has 6 nitrogen and oxygen atoms in total. The lowest BCUT2D eigenvalue weighted by Crippen LogP contribution is -2.29. The first-order chi connectivity index (χ1) is 11.0. The quantitative estimate of drug-likeness (QED) is 0.882. The molecule has 3 rings (SSSR count). The van der Waals surface area contributed by atoms with Gasteiger partial charge < -0.3 is 10.4 Å². The number of nitrogens with one attached hydrogen (secondary N) is 1. The third-order valence-corrected chi connectivity index (χ3v) is 4.03. The number of carboxylic acids is 1. The number of halogens is 1. The van der Waals surface area contributed by atoms with E-state index in [2.05, 4.69) is 10.4 Å². The zero-order valence-electron chi connectivity index (χ0n) is 12.4. The van der Waals surface area contributed by atoms with Gasteiger partial charge in [-0.3, -0.25) is 9.59 Å². The molecule has 3 atom stereocenters. The fourth-order valence-electron chi connectivity index (χ4n) is 2.55. The van der Waals surface area contributed by atoms with E-state index in [1.807, 2.05) is 0 Å². The number of hydrogen-bond acceptors (Lipinski definition) is 3. The van der Waals surface area contributed by atoms with Crippen molar-refractivity contribution in [3.63, 3.8) is 0 Å². The summed E-state index contributed by atoms with van der Waals surface area (Å²) in [5.41, 5.74) is 0.935. The zero-order chi connectivity index (χ0) is 16.6. The number of carbonyl (C=O) groups excluding carboxylic acids is 1. The highest BCUT2D eigenvalue weighted by molar-refractivity contribution is 5.89. The molecule has 1 aliphatic carbocycles. The van der Waals surface area contributed by atoms with E-state index in [0.29, 0.717) is 17.7 Å². The van der Waals surface area contributed by atoms with Crippen LogP contribution in [-0.4, -0.2) is 26.8 Å². The van der Waals surface area contributed by atoms with Crippen LogP contribution in [0.3, 0.4) is 0 Å². The van der Waals surface area contributed by atoms with E-state index in [-0.39, 0.29) is 5.91 Å². The summed E-state index contributed by atoms with van der Waals surface area (Å²) in [4.78, 5) is 22.7. The highest BCUT2D eigenvalue weighted by Gasteiger charge is 2.48. The van der Waals surface area contributed by atoms with Crippen molar-refractivity contribution in [3.05, 3.63) is 48.0 Å². The van der Waals surface area contributed by atoms with Gasteiger partial charge in [-0.25, -0.2) is 9.07 Å². The molecule has 1 heterocycles. The Morgan fingerprint density at radius 1 is 1.43 bits per heavy atom. The molecule has 7 heteroatoms. The minimum Gasteiger partial charge on any atom is -0.481 e. The average Bonchev–Trinajstić information content (AvgIpc) is 3.15. The first-order valence-electron chi connectivity index (χ1n) is 7.30. The van der Waals surface area contributed by atoms with Gasteiger partial charge in [-0.1, -0.05) is 6.07 Å². The smallest absolute Gasteiger partial charge is 0.307 e. The topological polar surface area (TPSA) is 84.2 Å². The van der Waals surface area contributed by atoms with Crippen molar-refractivity contribution in [1.29, 1.82) is 0 Å². The summed E-state index contributed by atoms with van der Waals surface area (Å²) in [6.07, 6.45) is 3.56. The molecule has 0 radical (unpaired) electrons. The van der Waals surface area contributed by atoms with Crippen LogP contribution in [0.1, 0.15) is 24.9 Å². The van der Waals surface area contributed by atoms with E-state index in [4.69, 9.17) is 5.11 Å². The number of benzene rings is 1. The Hall–Kier alpha value is -2.70. The standard InChI is InChI=1S/C16H16FN3O3/c1-9(19-15(21)11-8-12(11)16(22)23)10-3-4-14(13(17)7-10)20-6-2-5-18-20/h2-7,9,11-12H,8H2,1H3,(H,19,21)(H,22,23)/t9-,11-,12+/m1/s1. The predicted molar refractivity (Wildman–Crippen MR) is 79.3 cm³/mol. The Balaban J connectivity index is 1.68. The minimum absolute atomic E-state index is 0.304. The third-order valence-electron chi connectivity index (χ3n) is 4.03. The van der Waals surface area contributed by atoms with Gasteiger partial charge in [0.2, 0.25) is 5.91 Å². The summed E-state index contributed by atoms with van der Waals surface area (Å²) >= 11 is 0. The Morgan fingerprint density at radius 3 is 2.78 bits per heavy atom. The van der Waals surface area contributed by atoms with Crippen molar-refractivity contribution < 1.29 is 19.1 Å². The molecule has 1 amide bonds.